The van der Waals surface area contributed by atoms with E-state index in [0.717, 1.165) is 28.2 Å². The number of rotatable bonds is 5. The fraction of sp³-hybridized carbons (Fsp3) is 0.208. The fourth-order valence-corrected chi connectivity index (χ4v) is 4.20. The van der Waals surface area contributed by atoms with Gasteiger partial charge < -0.3 is 14.2 Å². The van der Waals surface area contributed by atoms with Gasteiger partial charge in [-0.1, -0.05) is 24.3 Å². The number of nitrogens with zero attached hydrogens (tertiary/aromatic N) is 3. The Bertz CT molecular complexity index is 1210. The molecule has 2 aliphatic rings. The third kappa shape index (κ3) is 3.30. The molecular weight excluding hydrogens is 410 g/mol. The van der Waals surface area contributed by atoms with Crippen LogP contribution in [0, 0.1) is 10.1 Å². The van der Waals surface area contributed by atoms with Crippen molar-refractivity contribution in [3.05, 3.63) is 93.5 Å². The lowest BCUT2D eigenvalue weighted by molar-refractivity contribution is -0.384. The van der Waals surface area contributed by atoms with E-state index in [0.29, 0.717) is 17.9 Å². The Kier molecular flexibility index (Phi) is 4.89. The van der Waals surface area contributed by atoms with Gasteiger partial charge in [0.1, 0.15) is 5.75 Å². The number of non-ortho nitro benzene ring substituents is 1. The first-order valence-corrected chi connectivity index (χ1v) is 10.2. The predicted octanol–water partition coefficient (Wildman–Crippen LogP) is 4.85. The second-order valence-corrected chi connectivity index (χ2v) is 7.58. The molecule has 0 saturated carbocycles. The number of nitro groups is 1. The van der Waals surface area contributed by atoms with Crippen LogP contribution in [0.5, 0.6) is 17.2 Å². The minimum atomic E-state index is -0.548. The first-order valence-electron chi connectivity index (χ1n) is 10.2. The molecule has 0 bridgehead atoms. The Hall–Kier alpha value is -4.07. The molecule has 8 heteroatoms. The van der Waals surface area contributed by atoms with Crippen LogP contribution in [-0.4, -0.2) is 29.9 Å². The summed E-state index contributed by atoms with van der Waals surface area (Å²) in [6.07, 6.45) is 0.132. The summed E-state index contributed by atoms with van der Waals surface area (Å²) in [5.41, 5.74) is 3.68. The van der Waals surface area contributed by atoms with Crippen molar-refractivity contribution in [3.63, 3.8) is 0 Å². The molecule has 3 aromatic carbocycles. The molecule has 5 rings (SSSR count). The third-order valence-electron chi connectivity index (χ3n) is 5.79. The number of hydrogen-bond donors (Lipinski definition) is 0. The van der Waals surface area contributed by atoms with E-state index in [9.17, 15) is 10.1 Å². The van der Waals surface area contributed by atoms with Crippen molar-refractivity contribution < 1.29 is 19.1 Å². The van der Waals surface area contributed by atoms with E-state index < -0.39 is 11.2 Å². The standard InChI is InChI=1S/C24H21N3O5/c1-30-18-6-3-5-16(13-18)20-14-21-19-7-4-8-22(31-2)23(19)32-24(26(21)25-20)15-9-11-17(12-10-15)27(28)29/h3-13,21,24H,14H2,1-2H3/t21-,24-/m0/s1. The first-order chi connectivity index (χ1) is 15.6. The van der Waals surface area contributed by atoms with Gasteiger partial charge in [-0.3, -0.25) is 10.1 Å². The summed E-state index contributed by atoms with van der Waals surface area (Å²) < 4.78 is 17.3. The fourth-order valence-electron chi connectivity index (χ4n) is 4.20. The number of fused-ring (bicyclic) bond motifs is 3. The molecule has 32 heavy (non-hydrogen) atoms. The Morgan fingerprint density at radius 2 is 1.84 bits per heavy atom. The van der Waals surface area contributed by atoms with Gasteiger partial charge >= 0.3 is 0 Å². The summed E-state index contributed by atoms with van der Waals surface area (Å²) in [6, 6.07) is 19.9. The lowest BCUT2D eigenvalue weighted by Crippen LogP contribution is -2.33. The van der Waals surface area contributed by atoms with E-state index >= 15 is 0 Å². The van der Waals surface area contributed by atoms with E-state index in [1.165, 1.54) is 12.1 Å². The largest absolute Gasteiger partial charge is 0.497 e. The van der Waals surface area contributed by atoms with Crippen LogP contribution in [0.4, 0.5) is 5.69 Å². The van der Waals surface area contributed by atoms with Gasteiger partial charge in [0.25, 0.3) is 5.69 Å². The van der Waals surface area contributed by atoms with E-state index in [2.05, 4.69) is 0 Å². The van der Waals surface area contributed by atoms with Gasteiger partial charge in [-0.15, -0.1) is 0 Å². The van der Waals surface area contributed by atoms with Crippen molar-refractivity contribution in [2.45, 2.75) is 18.7 Å². The quantitative estimate of drug-likeness (QED) is 0.424. The zero-order valence-corrected chi connectivity index (χ0v) is 17.6. The Balaban J connectivity index is 1.59. The summed E-state index contributed by atoms with van der Waals surface area (Å²) in [5.74, 6) is 2.07. The van der Waals surface area contributed by atoms with E-state index in [-0.39, 0.29) is 11.7 Å². The molecule has 0 fully saturated rings. The zero-order chi connectivity index (χ0) is 22.2. The molecule has 2 atom stereocenters. The number of hydrazone groups is 1. The number of hydrogen-bond acceptors (Lipinski definition) is 7. The van der Waals surface area contributed by atoms with Gasteiger partial charge in [-0.05, 0) is 30.3 Å². The summed E-state index contributed by atoms with van der Waals surface area (Å²) in [5, 5.41) is 17.9. The molecule has 0 radical (unpaired) electrons. The van der Waals surface area contributed by atoms with Gasteiger partial charge in [0.15, 0.2) is 11.5 Å². The second kappa shape index (κ2) is 7.88. The number of benzene rings is 3. The molecule has 2 aliphatic heterocycles. The lowest BCUT2D eigenvalue weighted by Gasteiger charge is -2.38. The minimum Gasteiger partial charge on any atom is -0.497 e. The molecular formula is C24H21N3O5. The Labute approximate surface area is 184 Å². The highest BCUT2D eigenvalue weighted by molar-refractivity contribution is 6.02. The van der Waals surface area contributed by atoms with Crippen LogP contribution in [-0.2, 0) is 0 Å². The van der Waals surface area contributed by atoms with Crippen LogP contribution >= 0.6 is 0 Å². The van der Waals surface area contributed by atoms with Crippen LogP contribution in [0.2, 0.25) is 0 Å². The first kappa shape index (κ1) is 19.9. The topological polar surface area (TPSA) is 86.4 Å². The number of methoxy groups -OCH3 is 2. The average Bonchev–Trinajstić information content (AvgIpc) is 3.29. The Morgan fingerprint density at radius 3 is 2.56 bits per heavy atom. The van der Waals surface area contributed by atoms with Gasteiger partial charge in [-0.25, -0.2) is 5.01 Å². The van der Waals surface area contributed by atoms with Gasteiger partial charge in [0, 0.05) is 35.2 Å². The molecule has 2 heterocycles. The smallest absolute Gasteiger partial charge is 0.269 e. The monoisotopic (exact) mass is 431 g/mol. The molecule has 8 nitrogen and oxygen atoms in total. The second-order valence-electron chi connectivity index (χ2n) is 7.58. The van der Waals surface area contributed by atoms with Crippen LogP contribution in [0.15, 0.2) is 71.8 Å². The number of ether oxygens (including phenoxy) is 3. The highest BCUT2D eigenvalue weighted by Gasteiger charge is 2.42. The molecule has 0 aliphatic carbocycles. The third-order valence-corrected chi connectivity index (χ3v) is 5.79. The van der Waals surface area contributed by atoms with Crippen LogP contribution in [0.1, 0.15) is 35.4 Å². The molecule has 0 amide bonds. The molecule has 162 valence electrons. The van der Waals surface area contributed by atoms with Crippen molar-refractivity contribution >= 4 is 11.4 Å². The molecule has 0 saturated heterocycles. The maximum Gasteiger partial charge on any atom is 0.269 e. The van der Waals surface area contributed by atoms with E-state index in [1.807, 2.05) is 47.5 Å². The molecule has 0 aromatic heterocycles. The Morgan fingerprint density at radius 1 is 1.06 bits per heavy atom. The van der Waals surface area contributed by atoms with Gasteiger partial charge in [0.2, 0.25) is 6.23 Å². The molecule has 0 N–H and O–H groups in total. The summed E-state index contributed by atoms with van der Waals surface area (Å²) in [7, 11) is 3.25. The van der Waals surface area contributed by atoms with E-state index in [1.54, 1.807) is 26.4 Å². The van der Waals surface area contributed by atoms with Gasteiger partial charge in [0.05, 0.1) is 30.9 Å². The molecule has 0 unspecified atom stereocenters. The van der Waals surface area contributed by atoms with Crippen molar-refractivity contribution in [2.75, 3.05) is 14.2 Å². The maximum atomic E-state index is 11.1. The molecule has 3 aromatic rings. The van der Waals surface area contributed by atoms with E-state index in [4.69, 9.17) is 19.3 Å². The number of para-hydroxylation sites is 1. The lowest BCUT2D eigenvalue weighted by atomic mass is 9.95. The SMILES string of the molecule is COc1cccc(C2=NN3[C@@H](C2)c2cccc(OC)c2O[C@H]3c2ccc([N+](=O)[O-])cc2)c1. The zero-order valence-electron chi connectivity index (χ0n) is 17.6. The summed E-state index contributed by atoms with van der Waals surface area (Å²) in [6.45, 7) is 0. The van der Waals surface area contributed by atoms with Crippen molar-refractivity contribution in [2.24, 2.45) is 5.10 Å². The maximum absolute atomic E-state index is 11.1. The van der Waals surface area contributed by atoms with Crippen LogP contribution in [0.25, 0.3) is 0 Å². The van der Waals surface area contributed by atoms with Crippen molar-refractivity contribution in [3.8, 4) is 17.2 Å². The summed E-state index contributed by atoms with van der Waals surface area (Å²) >= 11 is 0. The van der Waals surface area contributed by atoms with Crippen LogP contribution < -0.4 is 14.2 Å². The highest BCUT2D eigenvalue weighted by Crippen LogP contribution is 2.50. The highest BCUT2D eigenvalue weighted by atomic mass is 16.6. The molecule has 0 spiro atoms. The normalized spacial score (nSPS) is 18.8. The van der Waals surface area contributed by atoms with Crippen molar-refractivity contribution in [1.82, 2.24) is 5.01 Å². The average molecular weight is 431 g/mol. The van der Waals surface area contributed by atoms with Crippen LogP contribution in [0.3, 0.4) is 0 Å². The summed E-state index contributed by atoms with van der Waals surface area (Å²) in [4.78, 5) is 10.7. The minimum absolute atomic E-state index is 0.0288. The van der Waals surface area contributed by atoms with Crippen molar-refractivity contribution in [1.29, 1.82) is 0 Å². The number of nitro benzene ring substituents is 1. The van der Waals surface area contributed by atoms with Gasteiger partial charge in [-0.2, -0.15) is 5.10 Å². The predicted molar refractivity (Wildman–Crippen MR) is 118 cm³/mol.